The fourth-order valence-electron chi connectivity index (χ4n) is 0.755. The standard InChI is InChI=1S/C9H16Cl3NO4/c1-8(2,9(10,11)12)17-7(14)13-5-6(15-3)16-4/h6H,5H2,1-4H3,(H,13,14). The van der Waals surface area contributed by atoms with E-state index in [-0.39, 0.29) is 6.54 Å². The molecule has 5 nitrogen and oxygen atoms in total. The molecule has 0 rings (SSSR count). The molecule has 17 heavy (non-hydrogen) atoms. The van der Waals surface area contributed by atoms with Crippen LogP contribution < -0.4 is 5.32 Å². The van der Waals surface area contributed by atoms with Gasteiger partial charge < -0.3 is 19.5 Å². The number of methoxy groups -OCH3 is 2. The molecular weight excluding hydrogens is 292 g/mol. The minimum Gasteiger partial charge on any atom is -0.439 e. The predicted molar refractivity (Wildman–Crippen MR) is 66.7 cm³/mol. The lowest BCUT2D eigenvalue weighted by molar-refractivity contribution is -0.0988. The molecule has 0 unspecified atom stereocenters. The maximum absolute atomic E-state index is 11.4. The number of rotatable bonds is 5. The summed E-state index contributed by atoms with van der Waals surface area (Å²) in [7, 11) is 2.90. The largest absolute Gasteiger partial charge is 0.439 e. The van der Waals surface area contributed by atoms with Crippen molar-refractivity contribution in [1.82, 2.24) is 5.32 Å². The van der Waals surface area contributed by atoms with Gasteiger partial charge >= 0.3 is 6.09 Å². The number of carbonyl (C=O) groups excluding carboxylic acids is 1. The summed E-state index contributed by atoms with van der Waals surface area (Å²) in [6, 6.07) is 0. The summed E-state index contributed by atoms with van der Waals surface area (Å²) < 4.78 is 13.0. The molecule has 0 saturated carbocycles. The number of carbonyl (C=O) groups is 1. The summed E-state index contributed by atoms with van der Waals surface area (Å²) in [4.78, 5) is 11.4. The van der Waals surface area contributed by atoms with E-state index in [4.69, 9.17) is 49.0 Å². The van der Waals surface area contributed by atoms with Crippen molar-refractivity contribution in [3.8, 4) is 0 Å². The van der Waals surface area contributed by atoms with Crippen LogP contribution in [0.1, 0.15) is 13.8 Å². The number of halogens is 3. The molecule has 0 atom stereocenters. The number of nitrogens with one attached hydrogen (secondary N) is 1. The first-order valence-corrected chi connectivity index (χ1v) is 5.86. The Balaban J connectivity index is 4.19. The zero-order valence-corrected chi connectivity index (χ0v) is 12.3. The summed E-state index contributed by atoms with van der Waals surface area (Å²) in [5.74, 6) is 0. The molecule has 0 aromatic rings. The minimum atomic E-state index is -1.72. The first kappa shape index (κ1) is 17.1. The first-order valence-electron chi connectivity index (χ1n) is 4.73. The fourth-order valence-corrected chi connectivity index (χ4v) is 0.871. The number of alkyl carbamates (subject to hydrolysis) is 1. The second-order valence-electron chi connectivity index (χ2n) is 3.68. The van der Waals surface area contributed by atoms with Crippen LogP contribution in [0.5, 0.6) is 0 Å². The lowest BCUT2D eigenvalue weighted by Crippen LogP contribution is -2.45. The highest BCUT2D eigenvalue weighted by molar-refractivity contribution is 6.68. The van der Waals surface area contributed by atoms with E-state index in [1.165, 1.54) is 28.1 Å². The molecule has 0 aliphatic carbocycles. The van der Waals surface area contributed by atoms with E-state index in [0.717, 1.165) is 0 Å². The van der Waals surface area contributed by atoms with Gasteiger partial charge in [0, 0.05) is 14.2 Å². The van der Waals surface area contributed by atoms with E-state index in [0.29, 0.717) is 0 Å². The molecule has 0 aliphatic rings. The molecule has 0 heterocycles. The van der Waals surface area contributed by atoms with Crippen LogP contribution in [0.3, 0.4) is 0 Å². The van der Waals surface area contributed by atoms with Gasteiger partial charge in [0.15, 0.2) is 11.9 Å². The van der Waals surface area contributed by atoms with Gasteiger partial charge in [0.1, 0.15) is 0 Å². The Morgan fingerprint density at radius 3 is 2.06 bits per heavy atom. The summed E-state index contributed by atoms with van der Waals surface area (Å²) in [6.45, 7) is 3.11. The zero-order valence-electron chi connectivity index (χ0n) is 10.1. The van der Waals surface area contributed by atoms with Crippen molar-refractivity contribution in [3.63, 3.8) is 0 Å². The van der Waals surface area contributed by atoms with Gasteiger partial charge in [-0.2, -0.15) is 0 Å². The minimum absolute atomic E-state index is 0.127. The number of alkyl halides is 3. The van der Waals surface area contributed by atoms with Crippen molar-refractivity contribution in [2.24, 2.45) is 0 Å². The van der Waals surface area contributed by atoms with Crippen LogP contribution in [0, 0.1) is 0 Å². The van der Waals surface area contributed by atoms with Crippen LogP contribution in [-0.4, -0.2) is 42.5 Å². The summed E-state index contributed by atoms with van der Waals surface area (Å²) in [6.07, 6.45) is -1.28. The molecule has 0 fully saturated rings. The number of ether oxygens (including phenoxy) is 3. The van der Waals surface area contributed by atoms with Gasteiger partial charge in [-0.3, -0.25) is 0 Å². The second-order valence-corrected chi connectivity index (χ2v) is 5.96. The molecule has 102 valence electrons. The monoisotopic (exact) mass is 307 g/mol. The molecule has 0 saturated heterocycles. The van der Waals surface area contributed by atoms with Gasteiger partial charge in [0.25, 0.3) is 0 Å². The van der Waals surface area contributed by atoms with E-state index in [1.54, 1.807) is 0 Å². The van der Waals surface area contributed by atoms with Gasteiger partial charge in [0.2, 0.25) is 3.79 Å². The van der Waals surface area contributed by atoms with Crippen molar-refractivity contribution >= 4 is 40.9 Å². The average Bonchev–Trinajstić information content (AvgIpc) is 2.16. The van der Waals surface area contributed by atoms with Crippen LogP contribution >= 0.6 is 34.8 Å². The summed E-state index contributed by atoms with van der Waals surface area (Å²) >= 11 is 17.0. The topological polar surface area (TPSA) is 56.8 Å². The molecule has 1 N–H and O–H groups in total. The van der Waals surface area contributed by atoms with Gasteiger partial charge in [0.05, 0.1) is 6.54 Å². The molecule has 0 aromatic heterocycles. The first-order chi connectivity index (χ1) is 7.64. The van der Waals surface area contributed by atoms with Crippen molar-refractivity contribution in [1.29, 1.82) is 0 Å². The molecule has 0 bridgehead atoms. The van der Waals surface area contributed by atoms with Crippen LogP contribution in [-0.2, 0) is 14.2 Å². The van der Waals surface area contributed by atoms with Crippen molar-refractivity contribution in [2.45, 2.75) is 29.5 Å². The number of amides is 1. The Morgan fingerprint density at radius 1 is 1.24 bits per heavy atom. The van der Waals surface area contributed by atoms with E-state index < -0.39 is 21.8 Å². The van der Waals surface area contributed by atoms with Crippen molar-refractivity contribution in [3.05, 3.63) is 0 Å². The van der Waals surface area contributed by atoms with E-state index in [9.17, 15) is 4.79 Å². The lowest BCUT2D eigenvalue weighted by Gasteiger charge is -2.31. The van der Waals surface area contributed by atoms with Gasteiger partial charge in [-0.15, -0.1) is 0 Å². The highest BCUT2D eigenvalue weighted by atomic mass is 35.6. The highest BCUT2D eigenvalue weighted by Crippen LogP contribution is 2.40. The maximum atomic E-state index is 11.4. The van der Waals surface area contributed by atoms with Crippen LogP contribution in [0.15, 0.2) is 0 Å². The van der Waals surface area contributed by atoms with Gasteiger partial charge in [-0.1, -0.05) is 34.8 Å². The number of hydrogen-bond donors (Lipinski definition) is 1. The Hall–Kier alpha value is 0.0600. The fraction of sp³-hybridized carbons (Fsp3) is 0.889. The van der Waals surface area contributed by atoms with Gasteiger partial charge in [-0.05, 0) is 13.8 Å². The van der Waals surface area contributed by atoms with Gasteiger partial charge in [-0.25, -0.2) is 4.79 Å². The second kappa shape index (κ2) is 6.85. The SMILES string of the molecule is COC(CNC(=O)OC(C)(C)C(Cl)(Cl)Cl)OC. The average molecular weight is 309 g/mol. The van der Waals surface area contributed by atoms with Crippen molar-refractivity contribution in [2.75, 3.05) is 20.8 Å². The van der Waals surface area contributed by atoms with Crippen LogP contribution in [0.2, 0.25) is 0 Å². The zero-order chi connectivity index (χ0) is 13.7. The summed E-state index contributed by atoms with van der Waals surface area (Å²) in [5, 5.41) is 2.43. The summed E-state index contributed by atoms with van der Waals surface area (Å²) in [5.41, 5.74) is -1.25. The van der Waals surface area contributed by atoms with Crippen LogP contribution in [0.4, 0.5) is 4.79 Å². The molecule has 1 amide bonds. The molecular formula is C9H16Cl3NO4. The molecule has 8 heteroatoms. The Morgan fingerprint density at radius 2 is 1.71 bits per heavy atom. The Labute approximate surface area is 116 Å². The lowest BCUT2D eigenvalue weighted by atomic mass is 10.2. The molecule has 0 aliphatic heterocycles. The molecule has 0 radical (unpaired) electrons. The third-order valence-electron chi connectivity index (χ3n) is 1.97. The normalized spacial score (nSPS) is 12.7. The van der Waals surface area contributed by atoms with Crippen LogP contribution in [0.25, 0.3) is 0 Å². The third kappa shape index (κ3) is 5.97. The van der Waals surface area contributed by atoms with E-state index >= 15 is 0 Å². The third-order valence-corrected chi connectivity index (χ3v) is 3.33. The Bertz CT molecular complexity index is 251. The molecule has 0 spiro atoms. The quantitative estimate of drug-likeness (QED) is 0.626. The predicted octanol–water partition coefficient (Wildman–Crippen LogP) is 2.48. The maximum Gasteiger partial charge on any atom is 0.407 e. The van der Waals surface area contributed by atoms with Crippen molar-refractivity contribution < 1.29 is 19.0 Å². The Kier molecular flexibility index (Phi) is 6.87. The molecule has 0 aromatic carbocycles. The van der Waals surface area contributed by atoms with E-state index in [1.807, 2.05) is 0 Å². The van der Waals surface area contributed by atoms with E-state index in [2.05, 4.69) is 5.32 Å². The number of hydrogen-bond acceptors (Lipinski definition) is 4. The highest BCUT2D eigenvalue weighted by Gasteiger charge is 2.44. The smallest absolute Gasteiger partial charge is 0.407 e.